The quantitative estimate of drug-likeness (QED) is 0.801. The van der Waals surface area contributed by atoms with E-state index in [0.717, 1.165) is 17.9 Å². The van der Waals surface area contributed by atoms with Crippen molar-refractivity contribution in [3.8, 4) is 5.75 Å². The van der Waals surface area contributed by atoms with Crippen LogP contribution in [0.15, 0.2) is 18.2 Å². The van der Waals surface area contributed by atoms with Crippen LogP contribution in [0.25, 0.3) is 0 Å². The van der Waals surface area contributed by atoms with Crippen molar-refractivity contribution in [3.63, 3.8) is 0 Å². The summed E-state index contributed by atoms with van der Waals surface area (Å²) in [6, 6.07) is 5.58. The Morgan fingerprint density at radius 2 is 2.06 bits per heavy atom. The van der Waals surface area contributed by atoms with Gasteiger partial charge < -0.3 is 15.2 Å². The molecule has 1 atom stereocenters. The Morgan fingerprint density at radius 3 is 2.67 bits per heavy atom. The predicted molar refractivity (Wildman–Crippen MR) is 75.2 cm³/mol. The highest BCUT2D eigenvalue weighted by molar-refractivity contribution is 6.31. The smallest absolute Gasteiger partial charge is 0.125 e. The molecule has 0 fully saturated rings. The highest BCUT2D eigenvalue weighted by Crippen LogP contribution is 2.26. The Kier molecular flexibility index (Phi) is 6.47. The van der Waals surface area contributed by atoms with E-state index in [4.69, 9.17) is 16.3 Å². The lowest BCUT2D eigenvalue weighted by Gasteiger charge is -2.15. The van der Waals surface area contributed by atoms with E-state index in [1.807, 2.05) is 18.2 Å². The molecule has 0 amide bonds. The largest absolute Gasteiger partial charge is 0.491 e. The number of rotatable bonds is 7. The molecule has 102 valence electrons. The summed E-state index contributed by atoms with van der Waals surface area (Å²) in [6.07, 6.45) is -0.486. The molecule has 2 N–H and O–H groups in total. The molecule has 0 aromatic heterocycles. The van der Waals surface area contributed by atoms with Gasteiger partial charge in [0, 0.05) is 17.1 Å². The fourth-order valence-electron chi connectivity index (χ4n) is 1.54. The maximum atomic E-state index is 9.25. The third kappa shape index (κ3) is 5.25. The Balaban J connectivity index is 2.67. The maximum absolute atomic E-state index is 9.25. The van der Waals surface area contributed by atoms with Crippen molar-refractivity contribution in [2.45, 2.75) is 33.4 Å². The molecule has 0 saturated carbocycles. The highest BCUT2D eigenvalue weighted by Gasteiger charge is 2.09. The first kappa shape index (κ1) is 15.3. The second-order valence-electron chi connectivity index (χ2n) is 4.90. The molecule has 0 aliphatic heterocycles. The van der Waals surface area contributed by atoms with Gasteiger partial charge in [-0.25, -0.2) is 0 Å². The van der Waals surface area contributed by atoms with Crippen LogP contribution in [0.5, 0.6) is 5.75 Å². The molecule has 1 aromatic rings. The van der Waals surface area contributed by atoms with Gasteiger partial charge in [-0.3, -0.25) is 0 Å². The summed E-state index contributed by atoms with van der Waals surface area (Å²) in [6.45, 7) is 7.89. The summed E-state index contributed by atoms with van der Waals surface area (Å²) in [4.78, 5) is 0. The molecule has 18 heavy (non-hydrogen) atoms. The number of aliphatic hydroxyl groups is 1. The number of hydrogen-bond donors (Lipinski definition) is 2. The van der Waals surface area contributed by atoms with Gasteiger partial charge in [0.1, 0.15) is 12.4 Å². The molecule has 0 bridgehead atoms. The molecule has 4 heteroatoms. The van der Waals surface area contributed by atoms with Crippen LogP contribution in [0.2, 0.25) is 5.02 Å². The van der Waals surface area contributed by atoms with Gasteiger partial charge in [-0.15, -0.1) is 0 Å². The molecule has 0 aliphatic rings. The van der Waals surface area contributed by atoms with Gasteiger partial charge in [-0.2, -0.15) is 0 Å². The van der Waals surface area contributed by atoms with Crippen LogP contribution < -0.4 is 10.1 Å². The lowest BCUT2D eigenvalue weighted by Crippen LogP contribution is -2.20. The van der Waals surface area contributed by atoms with E-state index in [1.54, 1.807) is 6.92 Å². The molecule has 0 heterocycles. The SMILES string of the molecule is CC(C)CNCc1c(Cl)cccc1OCC(C)O. The zero-order valence-corrected chi connectivity index (χ0v) is 12.0. The van der Waals surface area contributed by atoms with Crippen LogP contribution in [0, 0.1) is 5.92 Å². The van der Waals surface area contributed by atoms with Crippen LogP contribution in [0.3, 0.4) is 0 Å². The van der Waals surface area contributed by atoms with Gasteiger partial charge in [-0.1, -0.05) is 31.5 Å². The molecule has 0 spiro atoms. The summed E-state index contributed by atoms with van der Waals surface area (Å²) in [7, 11) is 0. The zero-order valence-electron chi connectivity index (χ0n) is 11.2. The van der Waals surface area contributed by atoms with Gasteiger partial charge >= 0.3 is 0 Å². The first-order valence-electron chi connectivity index (χ1n) is 6.29. The van der Waals surface area contributed by atoms with Crippen LogP contribution in [0.1, 0.15) is 26.3 Å². The van der Waals surface area contributed by atoms with Gasteiger partial charge in [0.15, 0.2) is 0 Å². The third-order valence-corrected chi connectivity index (χ3v) is 2.76. The van der Waals surface area contributed by atoms with Crippen LogP contribution in [-0.2, 0) is 6.54 Å². The van der Waals surface area contributed by atoms with Crippen molar-refractivity contribution < 1.29 is 9.84 Å². The minimum absolute atomic E-state index is 0.275. The minimum atomic E-state index is -0.486. The predicted octanol–water partition coefficient (Wildman–Crippen LogP) is 2.85. The van der Waals surface area contributed by atoms with Gasteiger partial charge in [0.2, 0.25) is 0 Å². The van der Waals surface area contributed by atoms with E-state index >= 15 is 0 Å². The number of aliphatic hydroxyl groups excluding tert-OH is 1. The van der Waals surface area contributed by atoms with Crippen LogP contribution in [0.4, 0.5) is 0 Å². The fraction of sp³-hybridized carbons (Fsp3) is 0.571. The first-order chi connectivity index (χ1) is 8.50. The van der Waals surface area contributed by atoms with E-state index in [9.17, 15) is 5.11 Å². The molecular weight excluding hydrogens is 250 g/mol. The fourth-order valence-corrected chi connectivity index (χ4v) is 1.77. The Labute approximate surface area is 114 Å². The molecule has 0 aliphatic carbocycles. The summed E-state index contributed by atoms with van der Waals surface area (Å²) >= 11 is 6.18. The van der Waals surface area contributed by atoms with Crippen molar-refractivity contribution in [1.29, 1.82) is 0 Å². The molecule has 1 unspecified atom stereocenters. The van der Waals surface area contributed by atoms with E-state index in [1.165, 1.54) is 0 Å². The summed E-state index contributed by atoms with van der Waals surface area (Å²) in [5, 5.41) is 13.3. The number of hydrogen-bond acceptors (Lipinski definition) is 3. The van der Waals surface area contributed by atoms with Gasteiger partial charge in [0.25, 0.3) is 0 Å². The molecule has 0 radical (unpaired) electrons. The van der Waals surface area contributed by atoms with Crippen LogP contribution >= 0.6 is 11.6 Å². The van der Waals surface area contributed by atoms with E-state index < -0.39 is 6.10 Å². The van der Waals surface area contributed by atoms with E-state index in [-0.39, 0.29) is 6.61 Å². The van der Waals surface area contributed by atoms with E-state index in [2.05, 4.69) is 19.2 Å². The summed E-state index contributed by atoms with van der Waals surface area (Å²) in [5.74, 6) is 1.33. The third-order valence-electron chi connectivity index (χ3n) is 2.41. The molecular formula is C14H22ClNO2. The lowest BCUT2D eigenvalue weighted by molar-refractivity contribution is 0.122. The monoisotopic (exact) mass is 271 g/mol. The average molecular weight is 272 g/mol. The van der Waals surface area contributed by atoms with E-state index in [0.29, 0.717) is 17.5 Å². The number of nitrogens with one attached hydrogen (secondary N) is 1. The van der Waals surface area contributed by atoms with Gasteiger partial charge in [-0.05, 0) is 31.5 Å². The molecule has 3 nitrogen and oxygen atoms in total. The van der Waals surface area contributed by atoms with Crippen molar-refractivity contribution in [1.82, 2.24) is 5.32 Å². The summed E-state index contributed by atoms with van der Waals surface area (Å²) in [5.41, 5.74) is 0.945. The molecule has 1 aromatic carbocycles. The number of halogens is 1. The molecule has 1 rings (SSSR count). The second kappa shape index (κ2) is 7.62. The topological polar surface area (TPSA) is 41.5 Å². The minimum Gasteiger partial charge on any atom is -0.491 e. The molecule has 0 saturated heterocycles. The number of benzene rings is 1. The second-order valence-corrected chi connectivity index (χ2v) is 5.31. The lowest BCUT2D eigenvalue weighted by atomic mass is 10.1. The number of ether oxygens (including phenoxy) is 1. The van der Waals surface area contributed by atoms with Crippen molar-refractivity contribution >= 4 is 11.6 Å². The maximum Gasteiger partial charge on any atom is 0.125 e. The van der Waals surface area contributed by atoms with Crippen molar-refractivity contribution in [3.05, 3.63) is 28.8 Å². The Hall–Kier alpha value is -0.770. The normalized spacial score (nSPS) is 12.8. The Morgan fingerprint density at radius 1 is 1.33 bits per heavy atom. The van der Waals surface area contributed by atoms with Crippen molar-refractivity contribution in [2.75, 3.05) is 13.2 Å². The first-order valence-corrected chi connectivity index (χ1v) is 6.67. The Bertz CT molecular complexity index is 367. The summed E-state index contributed by atoms with van der Waals surface area (Å²) < 4.78 is 5.56. The zero-order chi connectivity index (χ0) is 13.5. The average Bonchev–Trinajstić information content (AvgIpc) is 2.28. The highest BCUT2D eigenvalue weighted by atomic mass is 35.5. The van der Waals surface area contributed by atoms with Crippen LogP contribution in [-0.4, -0.2) is 24.4 Å². The van der Waals surface area contributed by atoms with Gasteiger partial charge in [0.05, 0.1) is 6.10 Å². The standard InChI is InChI=1S/C14H22ClNO2/c1-10(2)7-16-8-12-13(15)5-4-6-14(12)18-9-11(3)17/h4-6,10-11,16-17H,7-9H2,1-3H3. The van der Waals surface area contributed by atoms with Crippen molar-refractivity contribution in [2.24, 2.45) is 5.92 Å².